The van der Waals surface area contributed by atoms with Crippen LogP contribution in [0.3, 0.4) is 0 Å². The van der Waals surface area contributed by atoms with Gasteiger partial charge in [-0.15, -0.1) is 0 Å². The summed E-state index contributed by atoms with van der Waals surface area (Å²) in [6.07, 6.45) is 6.34. The molecule has 4 nitrogen and oxygen atoms in total. The molecule has 68 valence electrons. The maximum Gasteiger partial charge on any atom is 0.179 e. The zero-order valence-electron chi connectivity index (χ0n) is 6.72. The number of hydrogen-bond acceptors (Lipinski definition) is 4. The lowest BCUT2D eigenvalue weighted by atomic mass is 10.4. The Balaban J connectivity index is 1.93. The lowest BCUT2D eigenvalue weighted by Crippen LogP contribution is -1.99. The van der Waals surface area contributed by atoms with Crippen LogP contribution in [0.1, 0.15) is 5.82 Å². The highest BCUT2D eigenvalue weighted by Crippen LogP contribution is 2.12. The summed E-state index contributed by atoms with van der Waals surface area (Å²) < 4.78 is 7.01. The Morgan fingerprint density at radius 1 is 1.54 bits per heavy atom. The molecule has 13 heavy (non-hydrogen) atoms. The lowest BCUT2D eigenvalue weighted by molar-refractivity contribution is 0.677. The Kier molecular flexibility index (Phi) is 2.70. The van der Waals surface area contributed by atoms with Crippen LogP contribution in [0.25, 0.3) is 0 Å². The van der Waals surface area contributed by atoms with Gasteiger partial charge in [0.15, 0.2) is 3.92 Å². The first kappa shape index (κ1) is 8.83. The predicted molar refractivity (Wildman–Crippen MR) is 53.5 cm³/mol. The molecule has 0 bridgehead atoms. The average Bonchev–Trinajstić information content (AvgIpc) is 2.71. The van der Waals surface area contributed by atoms with Gasteiger partial charge in [0.05, 0.1) is 6.33 Å². The largest absolute Gasteiger partial charge is 0.337 e. The van der Waals surface area contributed by atoms with Crippen LogP contribution in [0, 0.1) is 0 Å². The van der Waals surface area contributed by atoms with E-state index in [4.69, 9.17) is 0 Å². The maximum absolute atomic E-state index is 4.20. The zero-order valence-corrected chi connectivity index (χ0v) is 9.12. The fourth-order valence-electron chi connectivity index (χ4n) is 0.982. The molecule has 0 atom stereocenters. The van der Waals surface area contributed by atoms with Gasteiger partial charge < -0.3 is 4.57 Å². The van der Waals surface area contributed by atoms with Crippen molar-refractivity contribution in [3.05, 3.63) is 28.5 Å². The van der Waals surface area contributed by atoms with Gasteiger partial charge in [0, 0.05) is 25.4 Å². The highest BCUT2D eigenvalue weighted by Gasteiger charge is 2.00. The molecule has 2 aromatic heterocycles. The van der Waals surface area contributed by atoms with Gasteiger partial charge in [0.25, 0.3) is 0 Å². The summed E-state index contributed by atoms with van der Waals surface area (Å²) in [4.78, 5) is 8.16. The Morgan fingerprint density at radius 3 is 3.08 bits per heavy atom. The monoisotopic (exact) mass is 258 g/mol. The lowest BCUT2D eigenvalue weighted by Gasteiger charge is -1.96. The molecular formula is C7H7BrN4S. The molecule has 0 saturated heterocycles. The van der Waals surface area contributed by atoms with Crippen molar-refractivity contribution in [3.63, 3.8) is 0 Å². The van der Waals surface area contributed by atoms with Gasteiger partial charge in [-0.2, -0.15) is 4.37 Å². The van der Waals surface area contributed by atoms with Crippen molar-refractivity contribution < 1.29 is 0 Å². The van der Waals surface area contributed by atoms with E-state index in [-0.39, 0.29) is 0 Å². The summed E-state index contributed by atoms with van der Waals surface area (Å²) in [7, 11) is 0. The van der Waals surface area contributed by atoms with Crippen LogP contribution in [-0.2, 0) is 13.0 Å². The van der Waals surface area contributed by atoms with Crippen LogP contribution in [0.2, 0.25) is 0 Å². The molecule has 0 aromatic carbocycles. The van der Waals surface area contributed by atoms with Crippen molar-refractivity contribution in [1.82, 2.24) is 18.9 Å². The maximum atomic E-state index is 4.20. The minimum Gasteiger partial charge on any atom is -0.337 e. The Bertz CT molecular complexity index is 370. The van der Waals surface area contributed by atoms with Crippen LogP contribution < -0.4 is 0 Å². The number of aromatic nitrogens is 4. The number of nitrogens with zero attached hydrogens (tertiary/aromatic N) is 4. The summed E-state index contributed by atoms with van der Waals surface area (Å²) in [5.41, 5.74) is 0. The zero-order chi connectivity index (χ0) is 9.10. The van der Waals surface area contributed by atoms with Gasteiger partial charge in [-0.25, -0.2) is 9.97 Å². The third-order valence-electron chi connectivity index (χ3n) is 1.60. The van der Waals surface area contributed by atoms with Gasteiger partial charge in [0.2, 0.25) is 0 Å². The molecule has 2 aromatic rings. The van der Waals surface area contributed by atoms with E-state index in [1.165, 1.54) is 11.5 Å². The second-order valence-corrected chi connectivity index (χ2v) is 4.54. The van der Waals surface area contributed by atoms with E-state index in [1.54, 1.807) is 12.5 Å². The minimum absolute atomic E-state index is 0.841. The third kappa shape index (κ3) is 2.35. The topological polar surface area (TPSA) is 43.6 Å². The molecular weight excluding hydrogens is 252 g/mol. The Labute approximate surface area is 87.9 Å². The minimum atomic E-state index is 0.841. The van der Waals surface area contributed by atoms with E-state index in [2.05, 4.69) is 30.3 Å². The molecule has 0 N–H and O–H groups in total. The number of imidazole rings is 1. The quantitative estimate of drug-likeness (QED) is 0.843. The molecule has 0 radical (unpaired) electrons. The third-order valence-corrected chi connectivity index (χ3v) is 2.75. The highest BCUT2D eigenvalue weighted by molar-refractivity contribution is 9.11. The van der Waals surface area contributed by atoms with Gasteiger partial charge >= 0.3 is 0 Å². The molecule has 0 aliphatic rings. The van der Waals surface area contributed by atoms with E-state index in [9.17, 15) is 0 Å². The van der Waals surface area contributed by atoms with Gasteiger partial charge in [0.1, 0.15) is 5.82 Å². The van der Waals surface area contributed by atoms with Gasteiger partial charge in [-0.1, -0.05) is 0 Å². The van der Waals surface area contributed by atoms with Crippen LogP contribution in [0.5, 0.6) is 0 Å². The standard InChI is InChI=1S/C7H7BrN4S/c8-7-10-6(11-13-7)1-3-12-4-2-9-5-12/h2,4-5H,1,3H2. The summed E-state index contributed by atoms with van der Waals surface area (Å²) >= 11 is 4.65. The smallest absolute Gasteiger partial charge is 0.179 e. The van der Waals surface area contributed by atoms with E-state index < -0.39 is 0 Å². The van der Waals surface area contributed by atoms with E-state index in [1.807, 2.05) is 10.8 Å². The second-order valence-electron chi connectivity index (χ2n) is 2.51. The number of hydrogen-bond donors (Lipinski definition) is 0. The van der Waals surface area contributed by atoms with Crippen molar-refractivity contribution in [2.75, 3.05) is 0 Å². The molecule has 0 fully saturated rings. The molecule has 6 heteroatoms. The van der Waals surface area contributed by atoms with Crippen molar-refractivity contribution in [2.45, 2.75) is 13.0 Å². The molecule has 0 saturated carbocycles. The van der Waals surface area contributed by atoms with Crippen LogP contribution in [0.15, 0.2) is 22.6 Å². The summed E-state index contributed by atoms with van der Waals surface area (Å²) in [6, 6.07) is 0. The second kappa shape index (κ2) is 3.97. The van der Waals surface area contributed by atoms with Gasteiger partial charge in [-0.05, 0) is 27.5 Å². The number of halogens is 1. The summed E-state index contributed by atoms with van der Waals surface area (Å²) in [5.74, 6) is 0.880. The first-order valence-electron chi connectivity index (χ1n) is 3.78. The normalized spacial score (nSPS) is 10.5. The van der Waals surface area contributed by atoms with Crippen molar-refractivity contribution >= 4 is 27.5 Å². The first-order chi connectivity index (χ1) is 6.34. The molecule has 2 rings (SSSR count). The molecule has 0 aliphatic heterocycles. The SMILES string of the molecule is Brc1nc(CCn2ccnc2)ns1. The van der Waals surface area contributed by atoms with E-state index in [0.717, 1.165) is 22.7 Å². The average molecular weight is 259 g/mol. The van der Waals surface area contributed by atoms with E-state index in [0.29, 0.717) is 0 Å². The molecule has 0 aliphatic carbocycles. The Morgan fingerprint density at radius 2 is 2.46 bits per heavy atom. The Hall–Kier alpha value is -0.750. The van der Waals surface area contributed by atoms with Crippen LogP contribution >= 0.6 is 27.5 Å². The first-order valence-corrected chi connectivity index (χ1v) is 5.35. The van der Waals surface area contributed by atoms with Crippen molar-refractivity contribution in [1.29, 1.82) is 0 Å². The number of aryl methyl sites for hydroxylation is 2. The van der Waals surface area contributed by atoms with Gasteiger partial charge in [-0.3, -0.25) is 0 Å². The van der Waals surface area contributed by atoms with Crippen molar-refractivity contribution in [3.8, 4) is 0 Å². The number of rotatable bonds is 3. The van der Waals surface area contributed by atoms with E-state index >= 15 is 0 Å². The molecule has 0 spiro atoms. The highest BCUT2D eigenvalue weighted by atomic mass is 79.9. The summed E-state index contributed by atoms with van der Waals surface area (Å²) in [6.45, 7) is 0.878. The van der Waals surface area contributed by atoms with Crippen LogP contribution in [-0.4, -0.2) is 18.9 Å². The fourth-order valence-corrected chi connectivity index (χ4v) is 1.86. The molecule has 2 heterocycles. The molecule has 0 amide bonds. The van der Waals surface area contributed by atoms with Crippen LogP contribution in [0.4, 0.5) is 0 Å². The molecule has 0 unspecified atom stereocenters. The van der Waals surface area contributed by atoms with Crippen molar-refractivity contribution in [2.24, 2.45) is 0 Å². The predicted octanol–water partition coefficient (Wildman–Crippen LogP) is 1.74. The summed E-state index contributed by atoms with van der Waals surface area (Å²) in [5, 5.41) is 0. The fraction of sp³-hybridized carbons (Fsp3) is 0.286.